The van der Waals surface area contributed by atoms with E-state index >= 15 is 0 Å². The quantitative estimate of drug-likeness (QED) is 0.561. The third-order valence-electron chi connectivity index (χ3n) is 2.97. The van der Waals surface area contributed by atoms with Crippen molar-refractivity contribution >= 4 is 17.3 Å². The first kappa shape index (κ1) is 16.9. The number of rotatable bonds is 8. The number of amides is 1. The number of benzene rings is 1. The van der Waals surface area contributed by atoms with Gasteiger partial charge in [0, 0.05) is 26.2 Å². The summed E-state index contributed by atoms with van der Waals surface area (Å²) in [6, 6.07) is 4.92. The van der Waals surface area contributed by atoms with Gasteiger partial charge in [-0.25, -0.2) is 0 Å². The molecule has 0 saturated carbocycles. The van der Waals surface area contributed by atoms with Gasteiger partial charge in [0.1, 0.15) is 5.69 Å². The van der Waals surface area contributed by atoms with Gasteiger partial charge in [-0.3, -0.25) is 19.8 Å². The van der Waals surface area contributed by atoms with Crippen molar-refractivity contribution in [2.24, 2.45) is 0 Å². The summed E-state index contributed by atoms with van der Waals surface area (Å²) >= 11 is 0. The molecule has 0 heterocycles. The van der Waals surface area contributed by atoms with Gasteiger partial charge in [0.2, 0.25) is 5.91 Å². The predicted octanol–water partition coefficient (Wildman–Crippen LogP) is 1.59. The molecule has 0 atom stereocenters. The fraction of sp³-hybridized carbons (Fsp3) is 0.500. The maximum atomic E-state index is 11.6. The number of carbonyl (C=O) groups excluding carboxylic acids is 1. The highest BCUT2D eigenvalue weighted by atomic mass is 16.6. The van der Waals surface area contributed by atoms with Crippen LogP contribution in [0.15, 0.2) is 18.2 Å². The maximum absolute atomic E-state index is 11.6. The van der Waals surface area contributed by atoms with E-state index in [1.807, 2.05) is 18.9 Å². The minimum Gasteiger partial charge on any atom is -0.383 e. The smallest absolute Gasteiger partial charge is 0.292 e. The number of likely N-dealkylation sites (N-methyl/N-ethyl adjacent to an activating group) is 1. The Balaban J connectivity index is 2.66. The molecule has 1 aromatic rings. The van der Waals surface area contributed by atoms with Crippen LogP contribution in [-0.2, 0) is 11.3 Å². The molecule has 7 heteroatoms. The van der Waals surface area contributed by atoms with E-state index in [2.05, 4.69) is 10.6 Å². The summed E-state index contributed by atoms with van der Waals surface area (Å²) < 4.78 is 0. The van der Waals surface area contributed by atoms with Crippen LogP contribution in [0.2, 0.25) is 0 Å². The van der Waals surface area contributed by atoms with Gasteiger partial charge < -0.3 is 10.6 Å². The lowest BCUT2D eigenvalue weighted by Gasteiger charge is -2.16. The van der Waals surface area contributed by atoms with E-state index in [0.717, 1.165) is 12.0 Å². The predicted molar refractivity (Wildman–Crippen MR) is 82.3 cm³/mol. The first-order chi connectivity index (χ1) is 9.97. The molecule has 0 aliphatic rings. The molecule has 0 bridgehead atoms. The Morgan fingerprint density at radius 1 is 1.43 bits per heavy atom. The number of hydrogen-bond acceptors (Lipinski definition) is 5. The highest BCUT2D eigenvalue weighted by Crippen LogP contribution is 2.25. The zero-order chi connectivity index (χ0) is 15.8. The topological polar surface area (TPSA) is 87.5 Å². The Hall–Kier alpha value is -2.15. The van der Waals surface area contributed by atoms with Gasteiger partial charge in [-0.2, -0.15) is 0 Å². The molecule has 1 rings (SSSR count). The summed E-state index contributed by atoms with van der Waals surface area (Å²) in [6.45, 7) is 3.52. The van der Waals surface area contributed by atoms with Crippen molar-refractivity contribution in [1.82, 2.24) is 10.2 Å². The summed E-state index contributed by atoms with van der Waals surface area (Å²) in [4.78, 5) is 23.9. The normalized spacial score (nSPS) is 10.5. The van der Waals surface area contributed by atoms with Gasteiger partial charge in [0.25, 0.3) is 5.69 Å². The number of anilines is 1. The van der Waals surface area contributed by atoms with E-state index in [1.165, 1.54) is 6.07 Å². The van der Waals surface area contributed by atoms with Gasteiger partial charge in [-0.05, 0) is 25.1 Å². The molecule has 1 amide bonds. The summed E-state index contributed by atoms with van der Waals surface area (Å²) in [7, 11) is 3.49. The fourth-order valence-electron chi connectivity index (χ4n) is 1.97. The molecule has 0 aliphatic carbocycles. The molecule has 0 radical (unpaired) electrons. The molecule has 0 aromatic heterocycles. The van der Waals surface area contributed by atoms with E-state index in [4.69, 9.17) is 0 Å². The summed E-state index contributed by atoms with van der Waals surface area (Å²) in [5, 5.41) is 16.5. The van der Waals surface area contributed by atoms with Crippen molar-refractivity contribution in [1.29, 1.82) is 0 Å². The van der Waals surface area contributed by atoms with Crippen LogP contribution in [0.4, 0.5) is 11.4 Å². The molecule has 0 fully saturated rings. The Kier molecular flexibility index (Phi) is 6.61. The molecule has 0 saturated heterocycles. The van der Waals surface area contributed by atoms with E-state index in [-0.39, 0.29) is 11.6 Å². The first-order valence-electron chi connectivity index (χ1n) is 6.88. The van der Waals surface area contributed by atoms with E-state index in [9.17, 15) is 14.9 Å². The average Bonchev–Trinajstić information content (AvgIpc) is 2.44. The first-order valence-corrected chi connectivity index (χ1v) is 6.88. The molecular formula is C14H22N4O3. The molecule has 0 unspecified atom stereocenters. The molecule has 2 N–H and O–H groups in total. The average molecular weight is 294 g/mol. The molecule has 1 aromatic carbocycles. The molecule has 116 valence electrons. The second kappa shape index (κ2) is 8.21. The Bertz CT molecular complexity index is 505. The van der Waals surface area contributed by atoms with Crippen LogP contribution in [0.3, 0.4) is 0 Å². The summed E-state index contributed by atoms with van der Waals surface area (Å²) in [6.07, 6.45) is 0.906. The van der Waals surface area contributed by atoms with Gasteiger partial charge >= 0.3 is 0 Å². The standard InChI is InChI=1S/C14H22N4O3/c1-4-7-16-14(19)10-17(3)9-11-5-6-13(18(20)21)12(8-11)15-2/h5-6,8,15H,4,7,9-10H2,1-3H3,(H,16,19). The minimum absolute atomic E-state index is 0.0184. The lowest BCUT2D eigenvalue weighted by Crippen LogP contribution is -2.35. The molecular weight excluding hydrogens is 272 g/mol. The monoisotopic (exact) mass is 294 g/mol. The molecule has 0 aliphatic heterocycles. The van der Waals surface area contributed by atoms with Crippen molar-refractivity contribution in [2.45, 2.75) is 19.9 Å². The fourth-order valence-corrected chi connectivity index (χ4v) is 1.97. The van der Waals surface area contributed by atoms with Crippen LogP contribution in [0.1, 0.15) is 18.9 Å². The lowest BCUT2D eigenvalue weighted by atomic mass is 10.1. The zero-order valence-corrected chi connectivity index (χ0v) is 12.7. The van der Waals surface area contributed by atoms with Crippen molar-refractivity contribution in [2.75, 3.05) is 32.5 Å². The largest absolute Gasteiger partial charge is 0.383 e. The highest BCUT2D eigenvalue weighted by Gasteiger charge is 2.14. The Morgan fingerprint density at radius 2 is 2.14 bits per heavy atom. The molecule has 21 heavy (non-hydrogen) atoms. The lowest BCUT2D eigenvalue weighted by molar-refractivity contribution is -0.384. The number of nitro benzene ring substituents is 1. The van der Waals surface area contributed by atoms with Crippen LogP contribution in [0.25, 0.3) is 0 Å². The van der Waals surface area contributed by atoms with E-state index < -0.39 is 4.92 Å². The summed E-state index contributed by atoms with van der Waals surface area (Å²) in [5.74, 6) is -0.0184. The van der Waals surface area contributed by atoms with Gasteiger partial charge in [-0.1, -0.05) is 13.0 Å². The van der Waals surface area contributed by atoms with Crippen LogP contribution in [0, 0.1) is 10.1 Å². The van der Waals surface area contributed by atoms with E-state index in [0.29, 0.717) is 25.3 Å². The van der Waals surface area contributed by atoms with Crippen LogP contribution >= 0.6 is 0 Å². The van der Waals surface area contributed by atoms with Crippen molar-refractivity contribution < 1.29 is 9.72 Å². The van der Waals surface area contributed by atoms with Crippen LogP contribution in [-0.4, -0.2) is 42.9 Å². The number of carbonyl (C=O) groups is 1. The minimum atomic E-state index is -0.419. The van der Waals surface area contributed by atoms with Crippen molar-refractivity contribution in [3.63, 3.8) is 0 Å². The SMILES string of the molecule is CCCNC(=O)CN(C)Cc1ccc([N+](=O)[O-])c(NC)c1. The zero-order valence-electron chi connectivity index (χ0n) is 12.7. The second-order valence-electron chi connectivity index (χ2n) is 4.88. The van der Waals surface area contributed by atoms with Crippen LogP contribution < -0.4 is 10.6 Å². The van der Waals surface area contributed by atoms with Gasteiger partial charge in [0.05, 0.1) is 11.5 Å². The third-order valence-corrected chi connectivity index (χ3v) is 2.97. The third kappa shape index (κ3) is 5.39. The van der Waals surface area contributed by atoms with Crippen molar-refractivity contribution in [3.8, 4) is 0 Å². The number of nitro groups is 1. The Morgan fingerprint density at radius 3 is 2.71 bits per heavy atom. The summed E-state index contributed by atoms with van der Waals surface area (Å²) in [5.41, 5.74) is 1.43. The molecule has 0 spiro atoms. The van der Waals surface area contributed by atoms with Gasteiger partial charge in [0.15, 0.2) is 0 Å². The van der Waals surface area contributed by atoms with Crippen LogP contribution in [0.5, 0.6) is 0 Å². The number of nitrogens with zero attached hydrogens (tertiary/aromatic N) is 2. The molecule has 7 nitrogen and oxygen atoms in total. The van der Waals surface area contributed by atoms with Gasteiger partial charge in [-0.15, -0.1) is 0 Å². The maximum Gasteiger partial charge on any atom is 0.292 e. The van der Waals surface area contributed by atoms with Crippen molar-refractivity contribution in [3.05, 3.63) is 33.9 Å². The Labute approximate surface area is 124 Å². The number of hydrogen-bond donors (Lipinski definition) is 2. The highest BCUT2D eigenvalue weighted by molar-refractivity contribution is 5.77. The second-order valence-corrected chi connectivity index (χ2v) is 4.88. The number of nitrogens with one attached hydrogen (secondary N) is 2. The van der Waals surface area contributed by atoms with E-state index in [1.54, 1.807) is 19.2 Å².